The van der Waals surface area contributed by atoms with Gasteiger partial charge >= 0.3 is 6.09 Å². The van der Waals surface area contributed by atoms with Gasteiger partial charge in [-0.15, -0.1) is 0 Å². The average Bonchev–Trinajstić information content (AvgIpc) is 2.34. The molecule has 0 bridgehead atoms. The molecule has 1 atom stereocenters. The maximum atomic E-state index is 11.8. The largest absolute Gasteiger partial charge is 0.444 e. The van der Waals surface area contributed by atoms with Crippen LogP contribution in [0.15, 0.2) is 18.2 Å². The normalized spacial score (nSPS) is 14.4. The van der Waals surface area contributed by atoms with Crippen molar-refractivity contribution >= 4 is 6.09 Å². The molecule has 0 fully saturated rings. The first-order chi connectivity index (χ1) is 9.57. The van der Waals surface area contributed by atoms with Crippen LogP contribution in [-0.4, -0.2) is 24.8 Å². The number of hydrogen-bond acceptors (Lipinski definition) is 3. The van der Waals surface area contributed by atoms with Crippen LogP contribution in [0.4, 0.5) is 4.79 Å². The van der Waals surface area contributed by atoms with Gasteiger partial charge in [0.15, 0.2) is 0 Å². The summed E-state index contributed by atoms with van der Waals surface area (Å²) in [5.41, 5.74) is 8.73. The van der Waals surface area contributed by atoms with E-state index < -0.39 is 11.7 Å². The van der Waals surface area contributed by atoms with Crippen LogP contribution in [-0.2, 0) is 10.2 Å². The van der Waals surface area contributed by atoms with E-state index in [-0.39, 0.29) is 5.41 Å². The summed E-state index contributed by atoms with van der Waals surface area (Å²) in [6.45, 7) is 12.6. The first kappa shape index (κ1) is 17.5. The van der Waals surface area contributed by atoms with Gasteiger partial charge in [0.25, 0.3) is 0 Å². The number of carbonyl (C=O) groups is 1. The fraction of sp³-hybridized carbons (Fsp3) is 0.588. The molecule has 0 saturated carbocycles. The lowest BCUT2D eigenvalue weighted by molar-refractivity contribution is 0.0516. The molecule has 1 amide bonds. The highest BCUT2D eigenvalue weighted by Crippen LogP contribution is 2.26. The Labute approximate surface area is 128 Å². The highest BCUT2D eigenvalue weighted by Gasteiger charge is 2.28. The highest BCUT2D eigenvalue weighted by molar-refractivity contribution is 5.67. The molecule has 118 valence electrons. The number of aryl methyl sites for hydroxylation is 2. The molecule has 0 aromatic heterocycles. The van der Waals surface area contributed by atoms with Crippen LogP contribution in [0.1, 0.15) is 44.4 Å². The van der Waals surface area contributed by atoms with Crippen molar-refractivity contribution in [2.45, 2.75) is 52.6 Å². The van der Waals surface area contributed by atoms with Crippen molar-refractivity contribution in [3.05, 3.63) is 34.9 Å². The van der Waals surface area contributed by atoms with Gasteiger partial charge in [-0.25, -0.2) is 4.79 Å². The predicted octanol–water partition coefficient (Wildman–Crippen LogP) is 3.04. The molecule has 0 spiro atoms. The van der Waals surface area contributed by atoms with E-state index in [1.165, 1.54) is 11.1 Å². The SMILES string of the molecule is Cc1ccc(C(C)(CN)CNC(=O)OC(C)(C)C)c(C)c1. The number of nitrogens with two attached hydrogens (primary N) is 1. The zero-order chi connectivity index (χ0) is 16.3. The first-order valence-corrected chi connectivity index (χ1v) is 7.32. The maximum Gasteiger partial charge on any atom is 0.407 e. The standard InChI is InChI=1S/C17H28N2O2/c1-12-7-8-14(13(2)9-12)17(6,10-18)11-19-15(20)21-16(3,4)5/h7-9H,10-11,18H2,1-6H3,(H,19,20). The summed E-state index contributed by atoms with van der Waals surface area (Å²) in [4.78, 5) is 11.8. The smallest absolute Gasteiger partial charge is 0.407 e. The molecule has 0 aliphatic carbocycles. The van der Waals surface area contributed by atoms with Crippen molar-refractivity contribution in [1.29, 1.82) is 0 Å². The fourth-order valence-corrected chi connectivity index (χ4v) is 2.35. The van der Waals surface area contributed by atoms with Crippen molar-refractivity contribution in [3.8, 4) is 0 Å². The second-order valence-electron chi connectivity index (χ2n) is 6.94. The Balaban J connectivity index is 2.83. The highest BCUT2D eigenvalue weighted by atomic mass is 16.6. The molecule has 0 aliphatic rings. The van der Waals surface area contributed by atoms with Crippen LogP contribution in [0, 0.1) is 13.8 Å². The van der Waals surface area contributed by atoms with Gasteiger partial charge in [-0.1, -0.05) is 30.7 Å². The molecular weight excluding hydrogens is 264 g/mol. The summed E-state index contributed by atoms with van der Waals surface area (Å²) in [5.74, 6) is 0. The van der Waals surface area contributed by atoms with Gasteiger partial charge in [0.2, 0.25) is 0 Å². The molecule has 21 heavy (non-hydrogen) atoms. The lowest BCUT2D eigenvalue weighted by Gasteiger charge is -2.31. The molecule has 0 saturated heterocycles. The van der Waals surface area contributed by atoms with Gasteiger partial charge in [0.05, 0.1) is 0 Å². The minimum atomic E-state index is -0.497. The van der Waals surface area contributed by atoms with E-state index in [9.17, 15) is 4.79 Å². The summed E-state index contributed by atoms with van der Waals surface area (Å²) in [6.07, 6.45) is -0.410. The van der Waals surface area contributed by atoms with Crippen molar-refractivity contribution in [2.75, 3.05) is 13.1 Å². The van der Waals surface area contributed by atoms with Gasteiger partial charge in [0.1, 0.15) is 5.60 Å². The Morgan fingerprint density at radius 2 is 1.86 bits per heavy atom. The molecular formula is C17H28N2O2. The number of ether oxygens (including phenoxy) is 1. The van der Waals surface area contributed by atoms with E-state index in [4.69, 9.17) is 10.5 Å². The van der Waals surface area contributed by atoms with E-state index in [0.717, 1.165) is 5.56 Å². The van der Waals surface area contributed by atoms with Crippen molar-refractivity contribution in [3.63, 3.8) is 0 Å². The van der Waals surface area contributed by atoms with Gasteiger partial charge in [-0.3, -0.25) is 0 Å². The fourth-order valence-electron chi connectivity index (χ4n) is 2.35. The Kier molecular flexibility index (Phi) is 5.40. The Hall–Kier alpha value is -1.55. The molecule has 0 heterocycles. The summed E-state index contributed by atoms with van der Waals surface area (Å²) >= 11 is 0. The number of amides is 1. The topological polar surface area (TPSA) is 64.3 Å². The van der Waals surface area contributed by atoms with E-state index in [1.54, 1.807) is 0 Å². The number of nitrogens with one attached hydrogen (secondary N) is 1. The number of hydrogen-bond donors (Lipinski definition) is 2. The summed E-state index contributed by atoms with van der Waals surface area (Å²) < 4.78 is 5.27. The maximum absolute atomic E-state index is 11.8. The molecule has 3 N–H and O–H groups in total. The molecule has 1 aromatic rings. The number of rotatable bonds is 4. The van der Waals surface area contributed by atoms with Crippen molar-refractivity contribution < 1.29 is 9.53 Å². The summed E-state index contributed by atoms with van der Waals surface area (Å²) in [6, 6.07) is 6.30. The van der Waals surface area contributed by atoms with Crippen LogP contribution < -0.4 is 11.1 Å². The van der Waals surface area contributed by atoms with Crippen LogP contribution in [0.25, 0.3) is 0 Å². The molecule has 1 unspecified atom stereocenters. The zero-order valence-corrected chi connectivity index (χ0v) is 14.0. The number of alkyl carbamates (subject to hydrolysis) is 1. The Morgan fingerprint density at radius 1 is 1.24 bits per heavy atom. The molecule has 0 radical (unpaired) electrons. The number of benzene rings is 1. The quantitative estimate of drug-likeness (QED) is 0.896. The average molecular weight is 292 g/mol. The second kappa shape index (κ2) is 6.48. The number of carbonyl (C=O) groups excluding carboxylic acids is 1. The minimum Gasteiger partial charge on any atom is -0.444 e. The zero-order valence-electron chi connectivity index (χ0n) is 14.0. The third kappa shape index (κ3) is 5.05. The van der Waals surface area contributed by atoms with E-state index in [2.05, 4.69) is 44.3 Å². The van der Waals surface area contributed by atoms with Crippen molar-refractivity contribution in [1.82, 2.24) is 5.32 Å². The van der Waals surface area contributed by atoms with Crippen LogP contribution in [0.2, 0.25) is 0 Å². The molecule has 1 aromatic carbocycles. The third-order valence-corrected chi connectivity index (χ3v) is 3.50. The summed E-state index contributed by atoms with van der Waals surface area (Å²) in [5, 5.41) is 2.83. The lowest BCUT2D eigenvalue weighted by Crippen LogP contribution is -2.45. The van der Waals surface area contributed by atoms with Crippen LogP contribution in [0.5, 0.6) is 0 Å². The Morgan fingerprint density at radius 3 is 2.33 bits per heavy atom. The van der Waals surface area contributed by atoms with Crippen LogP contribution >= 0.6 is 0 Å². The van der Waals surface area contributed by atoms with Gasteiger partial charge in [-0.05, 0) is 45.7 Å². The minimum absolute atomic E-state index is 0.311. The molecule has 4 heteroatoms. The first-order valence-electron chi connectivity index (χ1n) is 7.32. The van der Waals surface area contributed by atoms with Crippen LogP contribution in [0.3, 0.4) is 0 Å². The second-order valence-corrected chi connectivity index (χ2v) is 6.94. The third-order valence-electron chi connectivity index (χ3n) is 3.50. The van der Waals surface area contributed by atoms with E-state index in [1.807, 2.05) is 20.8 Å². The van der Waals surface area contributed by atoms with E-state index >= 15 is 0 Å². The summed E-state index contributed by atoms with van der Waals surface area (Å²) in [7, 11) is 0. The van der Waals surface area contributed by atoms with Gasteiger partial charge in [0, 0.05) is 18.5 Å². The molecule has 1 rings (SSSR count). The predicted molar refractivity (Wildman–Crippen MR) is 86.6 cm³/mol. The Bertz CT molecular complexity index is 506. The van der Waals surface area contributed by atoms with Gasteiger partial charge < -0.3 is 15.8 Å². The molecule has 0 aliphatic heterocycles. The van der Waals surface area contributed by atoms with E-state index in [0.29, 0.717) is 13.1 Å². The lowest BCUT2D eigenvalue weighted by atomic mass is 9.79. The molecule has 4 nitrogen and oxygen atoms in total. The van der Waals surface area contributed by atoms with Crippen molar-refractivity contribution in [2.24, 2.45) is 5.73 Å². The monoisotopic (exact) mass is 292 g/mol. The van der Waals surface area contributed by atoms with Gasteiger partial charge in [-0.2, -0.15) is 0 Å².